The molecule has 0 aliphatic carbocycles. The van der Waals surface area contributed by atoms with Gasteiger partial charge in [-0.3, -0.25) is 4.79 Å². The molecule has 0 atom stereocenters. The maximum absolute atomic E-state index is 12.8. The van der Waals surface area contributed by atoms with Gasteiger partial charge >= 0.3 is 0 Å². The summed E-state index contributed by atoms with van der Waals surface area (Å²) in [5.74, 6) is -0.0111. The number of aryl methyl sites for hydroxylation is 2. The quantitative estimate of drug-likeness (QED) is 0.650. The first kappa shape index (κ1) is 12.5. The molecule has 1 aromatic heterocycles. The number of fused-ring (bicyclic) bond motifs is 1. The zero-order chi connectivity index (χ0) is 14.1. The van der Waals surface area contributed by atoms with Gasteiger partial charge in [-0.05, 0) is 30.9 Å². The summed E-state index contributed by atoms with van der Waals surface area (Å²) in [4.78, 5) is 17.2. The summed E-state index contributed by atoms with van der Waals surface area (Å²) < 4.78 is 0. The van der Waals surface area contributed by atoms with Crippen LogP contribution in [0.3, 0.4) is 0 Å². The van der Waals surface area contributed by atoms with Gasteiger partial charge in [-0.15, -0.1) is 0 Å². The van der Waals surface area contributed by atoms with E-state index in [1.807, 2.05) is 68.4 Å². The van der Waals surface area contributed by atoms with Gasteiger partial charge in [0, 0.05) is 16.6 Å². The monoisotopic (exact) mass is 261 g/mol. The van der Waals surface area contributed by atoms with Gasteiger partial charge in [0.05, 0.1) is 0 Å². The van der Waals surface area contributed by atoms with Gasteiger partial charge in [0.25, 0.3) is 0 Å². The zero-order valence-electron chi connectivity index (χ0n) is 11.6. The minimum absolute atomic E-state index is 0.0111. The molecule has 0 N–H and O–H groups in total. The van der Waals surface area contributed by atoms with Crippen LogP contribution in [0.1, 0.15) is 27.3 Å². The van der Waals surface area contributed by atoms with Gasteiger partial charge in [0.2, 0.25) is 5.78 Å². The largest absolute Gasteiger partial charge is 0.287 e. The fraction of sp³-hybridized carbons (Fsp3) is 0.111. The normalized spacial score (nSPS) is 10.7. The number of aromatic nitrogens is 1. The van der Waals surface area contributed by atoms with Crippen molar-refractivity contribution in [3.8, 4) is 0 Å². The average molecular weight is 261 g/mol. The SMILES string of the molecule is Cc1cc2ccccc2c(C(=O)c2ccccc2C)n1. The lowest BCUT2D eigenvalue weighted by Gasteiger charge is -2.08. The molecule has 0 spiro atoms. The van der Waals surface area contributed by atoms with Gasteiger partial charge in [-0.2, -0.15) is 0 Å². The lowest BCUT2D eigenvalue weighted by molar-refractivity contribution is 0.103. The Morgan fingerprint density at radius 2 is 1.65 bits per heavy atom. The molecule has 3 aromatic rings. The first-order valence-electron chi connectivity index (χ1n) is 6.63. The molecule has 0 radical (unpaired) electrons. The molecule has 0 aliphatic rings. The van der Waals surface area contributed by atoms with Crippen LogP contribution in [0, 0.1) is 13.8 Å². The van der Waals surface area contributed by atoms with E-state index in [1.54, 1.807) is 0 Å². The Labute approximate surface area is 118 Å². The summed E-state index contributed by atoms with van der Waals surface area (Å²) in [5.41, 5.74) is 3.09. The Kier molecular flexibility index (Phi) is 3.07. The molecule has 0 unspecified atom stereocenters. The fourth-order valence-corrected chi connectivity index (χ4v) is 2.46. The Bertz CT molecular complexity index is 805. The molecule has 0 bridgehead atoms. The van der Waals surface area contributed by atoms with E-state index in [4.69, 9.17) is 0 Å². The van der Waals surface area contributed by atoms with E-state index >= 15 is 0 Å². The van der Waals surface area contributed by atoms with Gasteiger partial charge in [0.15, 0.2) is 0 Å². The highest BCUT2D eigenvalue weighted by atomic mass is 16.1. The van der Waals surface area contributed by atoms with Crippen LogP contribution in [0.2, 0.25) is 0 Å². The van der Waals surface area contributed by atoms with Crippen molar-refractivity contribution in [3.05, 3.63) is 77.1 Å². The van der Waals surface area contributed by atoms with Crippen molar-refractivity contribution < 1.29 is 4.79 Å². The third kappa shape index (κ3) is 2.10. The minimum Gasteiger partial charge on any atom is -0.287 e. The maximum Gasteiger partial charge on any atom is 0.212 e. The van der Waals surface area contributed by atoms with Crippen molar-refractivity contribution in [2.75, 3.05) is 0 Å². The highest BCUT2D eigenvalue weighted by Gasteiger charge is 2.16. The standard InChI is InChI=1S/C18H15NO/c1-12-7-3-5-9-15(12)18(20)17-16-10-6-4-8-14(16)11-13(2)19-17/h3-11H,1-2H3. The van der Waals surface area contributed by atoms with Crippen molar-refractivity contribution in [2.24, 2.45) is 0 Å². The first-order valence-corrected chi connectivity index (χ1v) is 6.63. The number of nitrogens with zero attached hydrogens (tertiary/aromatic N) is 1. The molecule has 0 aliphatic heterocycles. The molecule has 3 rings (SSSR count). The second-order valence-corrected chi connectivity index (χ2v) is 4.98. The third-order valence-electron chi connectivity index (χ3n) is 3.47. The van der Waals surface area contributed by atoms with E-state index in [0.717, 1.165) is 27.6 Å². The van der Waals surface area contributed by atoms with E-state index < -0.39 is 0 Å². The zero-order valence-corrected chi connectivity index (χ0v) is 11.6. The molecule has 2 heteroatoms. The molecule has 2 nitrogen and oxygen atoms in total. The van der Waals surface area contributed by atoms with Gasteiger partial charge < -0.3 is 0 Å². The number of benzene rings is 2. The van der Waals surface area contributed by atoms with Crippen molar-refractivity contribution >= 4 is 16.6 Å². The fourth-order valence-electron chi connectivity index (χ4n) is 2.46. The van der Waals surface area contributed by atoms with Gasteiger partial charge in [0.1, 0.15) is 5.69 Å². The van der Waals surface area contributed by atoms with Crippen LogP contribution in [0.4, 0.5) is 0 Å². The summed E-state index contributed by atoms with van der Waals surface area (Å²) >= 11 is 0. The van der Waals surface area contributed by atoms with Crippen molar-refractivity contribution in [1.82, 2.24) is 4.98 Å². The van der Waals surface area contributed by atoms with E-state index in [9.17, 15) is 4.79 Å². The predicted molar refractivity (Wildman–Crippen MR) is 81.1 cm³/mol. The average Bonchev–Trinajstić information content (AvgIpc) is 2.46. The number of carbonyl (C=O) groups is 1. The summed E-state index contributed by atoms with van der Waals surface area (Å²) in [6, 6.07) is 17.5. The maximum atomic E-state index is 12.8. The van der Waals surface area contributed by atoms with E-state index in [1.165, 1.54) is 0 Å². The molecular formula is C18H15NO. The van der Waals surface area contributed by atoms with E-state index in [-0.39, 0.29) is 5.78 Å². The summed E-state index contributed by atoms with van der Waals surface area (Å²) in [6.07, 6.45) is 0. The minimum atomic E-state index is -0.0111. The molecular weight excluding hydrogens is 246 g/mol. The van der Waals surface area contributed by atoms with Crippen LogP contribution in [-0.2, 0) is 0 Å². The molecule has 20 heavy (non-hydrogen) atoms. The number of pyridine rings is 1. The number of hydrogen-bond acceptors (Lipinski definition) is 2. The van der Waals surface area contributed by atoms with Crippen LogP contribution in [0.15, 0.2) is 54.6 Å². The van der Waals surface area contributed by atoms with Crippen LogP contribution < -0.4 is 0 Å². The summed E-state index contributed by atoms with van der Waals surface area (Å²) in [5, 5.41) is 1.96. The number of carbonyl (C=O) groups excluding carboxylic acids is 1. The molecule has 1 heterocycles. The second-order valence-electron chi connectivity index (χ2n) is 4.98. The Balaban J connectivity index is 2.24. The van der Waals surface area contributed by atoms with Crippen LogP contribution in [0.25, 0.3) is 10.8 Å². The molecule has 0 saturated carbocycles. The molecule has 98 valence electrons. The number of hydrogen-bond donors (Lipinski definition) is 0. The molecule has 0 saturated heterocycles. The number of rotatable bonds is 2. The van der Waals surface area contributed by atoms with Crippen molar-refractivity contribution in [1.29, 1.82) is 0 Å². The van der Waals surface area contributed by atoms with Crippen molar-refractivity contribution in [2.45, 2.75) is 13.8 Å². The topological polar surface area (TPSA) is 30.0 Å². The predicted octanol–water partition coefficient (Wildman–Crippen LogP) is 4.08. The molecule has 0 amide bonds. The first-order chi connectivity index (χ1) is 9.66. The molecule has 2 aromatic carbocycles. The van der Waals surface area contributed by atoms with Gasteiger partial charge in [-0.1, -0.05) is 48.5 Å². The van der Waals surface area contributed by atoms with E-state index in [0.29, 0.717) is 5.69 Å². The highest BCUT2D eigenvalue weighted by molar-refractivity contribution is 6.15. The molecule has 0 fully saturated rings. The van der Waals surface area contributed by atoms with Crippen molar-refractivity contribution in [3.63, 3.8) is 0 Å². The Morgan fingerprint density at radius 1 is 0.950 bits per heavy atom. The Morgan fingerprint density at radius 3 is 2.45 bits per heavy atom. The summed E-state index contributed by atoms with van der Waals surface area (Å²) in [6.45, 7) is 3.87. The van der Waals surface area contributed by atoms with Crippen LogP contribution >= 0.6 is 0 Å². The number of ketones is 1. The van der Waals surface area contributed by atoms with Crippen LogP contribution in [-0.4, -0.2) is 10.8 Å². The second kappa shape index (κ2) is 4.89. The van der Waals surface area contributed by atoms with Gasteiger partial charge in [-0.25, -0.2) is 4.98 Å². The lowest BCUT2D eigenvalue weighted by atomic mass is 9.98. The summed E-state index contributed by atoms with van der Waals surface area (Å²) in [7, 11) is 0. The Hall–Kier alpha value is -2.48. The lowest BCUT2D eigenvalue weighted by Crippen LogP contribution is -2.07. The van der Waals surface area contributed by atoms with E-state index in [2.05, 4.69) is 4.98 Å². The van der Waals surface area contributed by atoms with Crippen LogP contribution in [0.5, 0.6) is 0 Å². The highest BCUT2D eigenvalue weighted by Crippen LogP contribution is 2.22. The third-order valence-corrected chi connectivity index (χ3v) is 3.47. The smallest absolute Gasteiger partial charge is 0.212 e.